The van der Waals surface area contributed by atoms with Gasteiger partial charge in [0.15, 0.2) is 6.10 Å². The molecule has 1 atom stereocenters. The van der Waals surface area contributed by atoms with Crippen LogP contribution in [0.1, 0.15) is 5.56 Å². The predicted octanol–water partition coefficient (Wildman–Crippen LogP) is 0.926. The van der Waals surface area contributed by atoms with Crippen LogP contribution in [0.25, 0.3) is 0 Å². The molecule has 1 N–H and O–H groups in total. The van der Waals surface area contributed by atoms with Gasteiger partial charge in [0.2, 0.25) is 0 Å². The van der Waals surface area contributed by atoms with Gasteiger partial charge < -0.3 is 9.47 Å². The highest BCUT2D eigenvalue weighted by molar-refractivity contribution is 7.90. The first-order chi connectivity index (χ1) is 10.2. The highest BCUT2D eigenvalue weighted by Crippen LogP contribution is 2.29. The minimum absolute atomic E-state index is 0.0889. The Kier molecular flexibility index (Phi) is 4.73. The van der Waals surface area contributed by atoms with Crippen LogP contribution in [0.15, 0.2) is 29.2 Å². The van der Waals surface area contributed by atoms with Crippen molar-refractivity contribution in [3.63, 3.8) is 0 Å². The summed E-state index contributed by atoms with van der Waals surface area (Å²) in [5.41, 5.74) is -0.984. The number of carbonyl (C=O) groups is 1. The first kappa shape index (κ1) is 16.7. The fourth-order valence-corrected chi connectivity index (χ4v) is 2.73. The average molecular weight is 339 g/mol. The number of alkyl halides is 3. The van der Waals surface area contributed by atoms with Gasteiger partial charge in [0.05, 0.1) is 30.3 Å². The lowest BCUT2D eigenvalue weighted by Crippen LogP contribution is -2.44. The predicted molar refractivity (Wildman–Crippen MR) is 67.3 cm³/mol. The number of halogens is 3. The number of sulfonamides is 1. The van der Waals surface area contributed by atoms with Gasteiger partial charge in [-0.25, -0.2) is 13.1 Å². The van der Waals surface area contributed by atoms with Crippen LogP contribution < -0.4 is 4.72 Å². The van der Waals surface area contributed by atoms with Crippen LogP contribution >= 0.6 is 0 Å². The molecule has 0 saturated carbocycles. The summed E-state index contributed by atoms with van der Waals surface area (Å²) in [5.74, 6) is -0.931. The summed E-state index contributed by atoms with van der Waals surface area (Å²) in [6, 6.07) is 2.80. The molecule has 22 heavy (non-hydrogen) atoms. The van der Waals surface area contributed by atoms with Gasteiger partial charge in [0.1, 0.15) is 0 Å². The molecule has 10 heteroatoms. The second-order valence-electron chi connectivity index (χ2n) is 4.43. The van der Waals surface area contributed by atoms with Crippen LogP contribution in [0.4, 0.5) is 13.2 Å². The van der Waals surface area contributed by atoms with Crippen molar-refractivity contribution in [2.45, 2.75) is 17.2 Å². The molecule has 1 aliphatic rings. The average Bonchev–Trinajstić information content (AvgIpc) is 2.47. The Morgan fingerprint density at radius 1 is 1.18 bits per heavy atom. The van der Waals surface area contributed by atoms with Crippen molar-refractivity contribution in [1.29, 1.82) is 0 Å². The van der Waals surface area contributed by atoms with Crippen molar-refractivity contribution >= 4 is 15.9 Å². The molecule has 0 aromatic heterocycles. The summed E-state index contributed by atoms with van der Waals surface area (Å²) >= 11 is 0. The van der Waals surface area contributed by atoms with E-state index in [1.165, 1.54) is 0 Å². The van der Waals surface area contributed by atoms with Gasteiger partial charge >= 0.3 is 6.18 Å². The van der Waals surface area contributed by atoms with Crippen LogP contribution in [0.5, 0.6) is 0 Å². The Morgan fingerprint density at radius 2 is 1.82 bits per heavy atom. The molecular weight excluding hydrogens is 327 g/mol. The molecule has 1 saturated heterocycles. The van der Waals surface area contributed by atoms with Crippen LogP contribution in [0, 0.1) is 0 Å². The molecule has 0 bridgehead atoms. The lowest BCUT2D eigenvalue weighted by molar-refractivity contribution is -0.145. The van der Waals surface area contributed by atoms with Crippen molar-refractivity contribution in [2.75, 3.05) is 19.8 Å². The van der Waals surface area contributed by atoms with Crippen LogP contribution in [0.3, 0.4) is 0 Å². The molecule has 6 nitrogen and oxygen atoms in total. The molecule has 0 aliphatic carbocycles. The van der Waals surface area contributed by atoms with Gasteiger partial charge in [0, 0.05) is 0 Å². The number of benzene rings is 1. The number of hydrogen-bond acceptors (Lipinski definition) is 5. The minimum Gasteiger partial charge on any atom is -0.376 e. The molecule has 122 valence electrons. The minimum atomic E-state index is -4.57. The highest BCUT2D eigenvalue weighted by Gasteiger charge is 2.31. The Labute approximate surface area is 124 Å². The Hall–Kier alpha value is -1.65. The van der Waals surface area contributed by atoms with Gasteiger partial charge in [-0.05, 0) is 24.3 Å². The number of amides is 1. The molecule has 1 amide bonds. The number of rotatable bonds is 3. The topological polar surface area (TPSA) is 81.7 Å². The summed E-state index contributed by atoms with van der Waals surface area (Å²) in [5, 5.41) is 0. The molecule has 1 fully saturated rings. The van der Waals surface area contributed by atoms with E-state index in [1.54, 1.807) is 4.72 Å². The van der Waals surface area contributed by atoms with E-state index in [0.29, 0.717) is 18.7 Å². The first-order valence-electron chi connectivity index (χ1n) is 6.13. The molecule has 1 aromatic rings. The largest absolute Gasteiger partial charge is 0.416 e. The third kappa shape index (κ3) is 3.96. The Bertz CT molecular complexity index is 636. The summed E-state index contributed by atoms with van der Waals surface area (Å²) in [7, 11) is -4.27. The molecule has 1 aliphatic heterocycles. The maximum Gasteiger partial charge on any atom is 0.416 e. The van der Waals surface area contributed by atoms with E-state index in [-0.39, 0.29) is 13.2 Å². The van der Waals surface area contributed by atoms with E-state index in [9.17, 15) is 26.4 Å². The van der Waals surface area contributed by atoms with Gasteiger partial charge in [-0.15, -0.1) is 0 Å². The molecule has 0 radical (unpaired) electrons. The zero-order valence-electron chi connectivity index (χ0n) is 11.1. The number of carbonyl (C=O) groups excluding carboxylic acids is 1. The lowest BCUT2D eigenvalue weighted by Gasteiger charge is -2.21. The van der Waals surface area contributed by atoms with Gasteiger partial charge in [-0.2, -0.15) is 13.2 Å². The molecule has 1 heterocycles. The Balaban J connectivity index is 2.11. The van der Waals surface area contributed by atoms with E-state index < -0.39 is 38.7 Å². The van der Waals surface area contributed by atoms with Gasteiger partial charge in [-0.3, -0.25) is 4.79 Å². The van der Waals surface area contributed by atoms with Crippen molar-refractivity contribution in [3.8, 4) is 0 Å². The third-order valence-corrected chi connectivity index (χ3v) is 4.20. The van der Waals surface area contributed by atoms with E-state index >= 15 is 0 Å². The second-order valence-corrected chi connectivity index (χ2v) is 6.11. The molecule has 2 rings (SSSR count). The maximum atomic E-state index is 12.4. The van der Waals surface area contributed by atoms with Crippen molar-refractivity contribution < 1.29 is 35.9 Å². The molecule has 1 aromatic carbocycles. The normalized spacial score (nSPS) is 19.7. The third-order valence-electron chi connectivity index (χ3n) is 2.84. The number of hydrogen-bond donors (Lipinski definition) is 1. The van der Waals surface area contributed by atoms with Crippen LogP contribution in [0.2, 0.25) is 0 Å². The Morgan fingerprint density at radius 3 is 2.32 bits per heavy atom. The van der Waals surface area contributed by atoms with E-state index in [4.69, 9.17) is 9.47 Å². The number of nitrogens with one attached hydrogen (secondary N) is 1. The van der Waals surface area contributed by atoms with E-state index in [0.717, 1.165) is 12.1 Å². The summed E-state index contributed by atoms with van der Waals surface area (Å²) in [4.78, 5) is 11.3. The smallest absolute Gasteiger partial charge is 0.376 e. The zero-order chi connectivity index (χ0) is 16.4. The van der Waals surface area contributed by atoms with Crippen molar-refractivity contribution in [1.82, 2.24) is 4.72 Å². The van der Waals surface area contributed by atoms with Crippen LogP contribution in [-0.4, -0.2) is 40.2 Å². The quantitative estimate of drug-likeness (QED) is 0.886. The highest BCUT2D eigenvalue weighted by atomic mass is 32.2. The molecule has 1 unspecified atom stereocenters. The standard InChI is InChI=1S/C12H12F3NO5S/c13-12(14,15)8-1-3-9(4-2-8)22(18,19)16-11(17)10-7-20-5-6-21-10/h1-4,10H,5-7H2,(H,16,17). The van der Waals surface area contributed by atoms with Gasteiger partial charge in [0.25, 0.3) is 15.9 Å². The summed E-state index contributed by atoms with van der Waals surface area (Å²) in [6.45, 7) is 0.363. The second kappa shape index (κ2) is 6.23. The summed E-state index contributed by atoms with van der Waals surface area (Å²) < 4.78 is 72.9. The van der Waals surface area contributed by atoms with Crippen molar-refractivity contribution in [2.24, 2.45) is 0 Å². The molecular formula is C12H12F3NO5S. The lowest BCUT2D eigenvalue weighted by atomic mass is 10.2. The van der Waals surface area contributed by atoms with Crippen LogP contribution in [-0.2, 0) is 30.5 Å². The fraction of sp³-hybridized carbons (Fsp3) is 0.417. The summed E-state index contributed by atoms with van der Waals surface area (Å²) in [6.07, 6.45) is -5.64. The van der Waals surface area contributed by atoms with E-state index in [2.05, 4.69) is 0 Å². The first-order valence-corrected chi connectivity index (χ1v) is 7.62. The fourth-order valence-electron chi connectivity index (χ4n) is 1.72. The van der Waals surface area contributed by atoms with E-state index in [1.807, 2.05) is 0 Å². The van der Waals surface area contributed by atoms with Crippen molar-refractivity contribution in [3.05, 3.63) is 29.8 Å². The molecule has 0 spiro atoms. The maximum absolute atomic E-state index is 12.4. The number of ether oxygens (including phenoxy) is 2. The SMILES string of the molecule is O=C(NS(=O)(=O)c1ccc(C(F)(F)F)cc1)C1COCCO1. The zero-order valence-corrected chi connectivity index (χ0v) is 11.9. The monoisotopic (exact) mass is 339 g/mol. The van der Waals surface area contributed by atoms with Gasteiger partial charge in [-0.1, -0.05) is 0 Å².